The van der Waals surface area contributed by atoms with E-state index in [2.05, 4.69) is 15.7 Å². The zero-order valence-corrected chi connectivity index (χ0v) is 19.4. The molecule has 35 heavy (non-hydrogen) atoms. The largest absolute Gasteiger partial charge is 0.321 e. The summed E-state index contributed by atoms with van der Waals surface area (Å²) in [5.41, 5.74) is 4.44. The van der Waals surface area contributed by atoms with Gasteiger partial charge in [-0.25, -0.2) is 4.68 Å². The molecule has 5 rings (SSSR count). The molecule has 0 radical (unpaired) electrons. The quantitative estimate of drug-likeness (QED) is 0.330. The van der Waals surface area contributed by atoms with E-state index < -0.39 is 0 Å². The SMILES string of the molecule is Cc1nn(-c2ccccc2)c(C)c1NC(=O)c1ccccc1NC(=O)c1cccc2ccccc12. The van der Waals surface area contributed by atoms with Gasteiger partial charge >= 0.3 is 0 Å². The number of amides is 2. The summed E-state index contributed by atoms with van der Waals surface area (Å²) in [7, 11) is 0. The van der Waals surface area contributed by atoms with E-state index in [9.17, 15) is 9.59 Å². The van der Waals surface area contributed by atoms with Crippen molar-refractivity contribution in [3.8, 4) is 5.69 Å². The molecular formula is C29H24N4O2. The van der Waals surface area contributed by atoms with Crippen LogP contribution in [-0.4, -0.2) is 21.6 Å². The molecule has 0 saturated heterocycles. The minimum absolute atomic E-state index is 0.272. The van der Waals surface area contributed by atoms with Crippen molar-refractivity contribution in [1.82, 2.24) is 9.78 Å². The standard InChI is InChI=1S/C29H24N4O2/c1-19-27(20(2)33(32-19)22-13-4-3-5-14-22)31-29(35)25-16-8-9-18-26(25)30-28(34)24-17-10-12-21-11-6-7-15-23(21)24/h3-18H,1-2H3,(H,30,34)(H,31,35). The summed E-state index contributed by atoms with van der Waals surface area (Å²) in [4.78, 5) is 26.5. The molecule has 0 unspecified atom stereocenters. The van der Waals surface area contributed by atoms with Gasteiger partial charge in [-0.15, -0.1) is 0 Å². The number of carbonyl (C=O) groups is 2. The average molecular weight is 461 g/mol. The summed E-state index contributed by atoms with van der Waals surface area (Å²) >= 11 is 0. The van der Waals surface area contributed by atoms with Crippen LogP contribution < -0.4 is 10.6 Å². The van der Waals surface area contributed by atoms with E-state index in [1.165, 1.54) is 0 Å². The van der Waals surface area contributed by atoms with Crippen LogP contribution in [0.1, 0.15) is 32.1 Å². The number of fused-ring (bicyclic) bond motifs is 1. The normalized spacial score (nSPS) is 10.8. The number of nitrogens with one attached hydrogen (secondary N) is 2. The first-order chi connectivity index (χ1) is 17.0. The maximum absolute atomic E-state index is 13.3. The van der Waals surface area contributed by atoms with E-state index in [0.717, 1.165) is 22.2 Å². The van der Waals surface area contributed by atoms with Crippen molar-refractivity contribution >= 4 is 34.0 Å². The Morgan fingerprint density at radius 2 is 1.31 bits per heavy atom. The number of hydrogen-bond acceptors (Lipinski definition) is 3. The lowest BCUT2D eigenvalue weighted by Gasteiger charge is -2.13. The minimum Gasteiger partial charge on any atom is -0.321 e. The molecule has 0 bridgehead atoms. The van der Waals surface area contributed by atoms with E-state index in [1.54, 1.807) is 35.0 Å². The molecule has 6 heteroatoms. The number of para-hydroxylation sites is 2. The highest BCUT2D eigenvalue weighted by molar-refractivity contribution is 6.16. The predicted octanol–water partition coefficient (Wildman–Crippen LogP) is 6.15. The molecule has 0 aliphatic carbocycles. The van der Waals surface area contributed by atoms with Crippen LogP contribution in [0.5, 0.6) is 0 Å². The second-order valence-electron chi connectivity index (χ2n) is 8.27. The Bertz CT molecular complexity index is 1550. The molecule has 0 atom stereocenters. The molecule has 2 amide bonds. The van der Waals surface area contributed by atoms with Gasteiger partial charge in [0.25, 0.3) is 11.8 Å². The van der Waals surface area contributed by atoms with Crippen LogP contribution in [0.2, 0.25) is 0 Å². The summed E-state index contributed by atoms with van der Waals surface area (Å²) in [6, 6.07) is 30.1. The highest BCUT2D eigenvalue weighted by Crippen LogP contribution is 2.26. The lowest BCUT2D eigenvalue weighted by Crippen LogP contribution is -2.19. The Hall–Kier alpha value is -4.71. The summed E-state index contributed by atoms with van der Waals surface area (Å²) in [5.74, 6) is -0.594. The van der Waals surface area contributed by atoms with Crippen LogP contribution >= 0.6 is 0 Å². The molecule has 0 aliphatic rings. The molecule has 0 saturated carbocycles. The minimum atomic E-state index is -0.322. The first-order valence-corrected chi connectivity index (χ1v) is 11.3. The van der Waals surface area contributed by atoms with Gasteiger partial charge < -0.3 is 10.6 Å². The maximum Gasteiger partial charge on any atom is 0.257 e. The van der Waals surface area contributed by atoms with Crippen LogP contribution in [0.4, 0.5) is 11.4 Å². The summed E-state index contributed by atoms with van der Waals surface area (Å²) in [6.07, 6.45) is 0. The van der Waals surface area contributed by atoms with E-state index >= 15 is 0 Å². The Morgan fingerprint density at radius 1 is 0.686 bits per heavy atom. The molecule has 0 fully saturated rings. The molecule has 0 spiro atoms. The molecule has 172 valence electrons. The molecule has 1 heterocycles. The van der Waals surface area contributed by atoms with Gasteiger partial charge in [0.1, 0.15) is 0 Å². The summed E-state index contributed by atoms with van der Waals surface area (Å²) in [5, 5.41) is 12.4. The third-order valence-corrected chi connectivity index (χ3v) is 5.98. The molecular weight excluding hydrogens is 436 g/mol. The summed E-state index contributed by atoms with van der Waals surface area (Å²) in [6.45, 7) is 3.77. The number of aromatic nitrogens is 2. The van der Waals surface area contributed by atoms with Crippen LogP contribution in [0, 0.1) is 13.8 Å². The monoisotopic (exact) mass is 460 g/mol. The molecule has 0 aliphatic heterocycles. The van der Waals surface area contributed by atoms with Gasteiger partial charge in [0, 0.05) is 5.56 Å². The maximum atomic E-state index is 13.3. The van der Waals surface area contributed by atoms with E-state index in [1.807, 2.05) is 80.6 Å². The van der Waals surface area contributed by atoms with Gasteiger partial charge in [-0.2, -0.15) is 5.10 Å². The smallest absolute Gasteiger partial charge is 0.257 e. The fourth-order valence-electron chi connectivity index (χ4n) is 4.23. The molecule has 4 aromatic carbocycles. The van der Waals surface area contributed by atoms with Crippen molar-refractivity contribution in [2.45, 2.75) is 13.8 Å². The Labute approximate surface area is 203 Å². The van der Waals surface area contributed by atoms with Crippen molar-refractivity contribution in [1.29, 1.82) is 0 Å². The van der Waals surface area contributed by atoms with Gasteiger partial charge in [0.15, 0.2) is 0 Å². The van der Waals surface area contributed by atoms with Crippen molar-refractivity contribution < 1.29 is 9.59 Å². The second kappa shape index (κ2) is 9.27. The van der Waals surface area contributed by atoms with Gasteiger partial charge in [-0.05, 0) is 55.0 Å². The van der Waals surface area contributed by atoms with Gasteiger partial charge in [-0.3, -0.25) is 9.59 Å². The van der Waals surface area contributed by atoms with Crippen LogP contribution in [-0.2, 0) is 0 Å². The number of carbonyl (C=O) groups excluding carboxylic acids is 2. The number of rotatable bonds is 5. The Morgan fingerprint density at radius 3 is 2.14 bits per heavy atom. The van der Waals surface area contributed by atoms with E-state index in [0.29, 0.717) is 28.2 Å². The van der Waals surface area contributed by atoms with Crippen LogP contribution in [0.15, 0.2) is 97.1 Å². The molecule has 6 nitrogen and oxygen atoms in total. The fourth-order valence-corrected chi connectivity index (χ4v) is 4.23. The lowest BCUT2D eigenvalue weighted by atomic mass is 10.0. The van der Waals surface area contributed by atoms with Crippen molar-refractivity contribution in [3.05, 3.63) is 120 Å². The molecule has 5 aromatic rings. The zero-order valence-electron chi connectivity index (χ0n) is 19.4. The van der Waals surface area contributed by atoms with Gasteiger partial charge in [0.2, 0.25) is 0 Å². The van der Waals surface area contributed by atoms with Crippen molar-refractivity contribution in [3.63, 3.8) is 0 Å². The van der Waals surface area contributed by atoms with Crippen molar-refractivity contribution in [2.24, 2.45) is 0 Å². The fraction of sp³-hybridized carbons (Fsp3) is 0.0690. The average Bonchev–Trinajstić information content (AvgIpc) is 3.17. The number of benzene rings is 4. The van der Waals surface area contributed by atoms with Crippen LogP contribution in [0.25, 0.3) is 16.5 Å². The number of anilines is 2. The molecule has 1 aromatic heterocycles. The van der Waals surface area contributed by atoms with Crippen molar-refractivity contribution in [2.75, 3.05) is 10.6 Å². The predicted molar refractivity (Wildman–Crippen MR) is 139 cm³/mol. The second-order valence-corrected chi connectivity index (χ2v) is 8.27. The lowest BCUT2D eigenvalue weighted by molar-refractivity contribution is 0.102. The highest BCUT2D eigenvalue weighted by atomic mass is 16.2. The first kappa shape index (κ1) is 22.1. The van der Waals surface area contributed by atoms with E-state index in [4.69, 9.17) is 0 Å². The first-order valence-electron chi connectivity index (χ1n) is 11.3. The molecule has 2 N–H and O–H groups in total. The highest BCUT2D eigenvalue weighted by Gasteiger charge is 2.19. The number of aryl methyl sites for hydroxylation is 1. The number of hydrogen-bond donors (Lipinski definition) is 2. The summed E-state index contributed by atoms with van der Waals surface area (Å²) < 4.78 is 1.80. The third kappa shape index (κ3) is 4.29. The zero-order chi connectivity index (χ0) is 24.4. The van der Waals surface area contributed by atoms with E-state index in [-0.39, 0.29) is 11.8 Å². The Kier molecular flexibility index (Phi) is 5.85. The van der Waals surface area contributed by atoms with Gasteiger partial charge in [-0.1, -0.05) is 66.7 Å². The third-order valence-electron chi connectivity index (χ3n) is 5.98. The topological polar surface area (TPSA) is 76.0 Å². The van der Waals surface area contributed by atoms with Crippen LogP contribution in [0.3, 0.4) is 0 Å². The Balaban J connectivity index is 1.42. The van der Waals surface area contributed by atoms with Gasteiger partial charge in [0.05, 0.1) is 34.0 Å². The number of nitrogens with zero attached hydrogens (tertiary/aromatic N) is 2.